The van der Waals surface area contributed by atoms with Crippen molar-refractivity contribution >= 4 is 17.5 Å². The summed E-state index contributed by atoms with van der Waals surface area (Å²) in [5, 5.41) is 8.91. The molecule has 2 rings (SSSR count). The van der Waals surface area contributed by atoms with Gasteiger partial charge in [0.05, 0.1) is 19.9 Å². The summed E-state index contributed by atoms with van der Waals surface area (Å²) in [6.07, 6.45) is 1.98. The molecule has 7 nitrogen and oxygen atoms in total. The van der Waals surface area contributed by atoms with Gasteiger partial charge in [0, 0.05) is 25.1 Å². The van der Waals surface area contributed by atoms with Crippen molar-refractivity contribution in [1.29, 1.82) is 0 Å². The van der Waals surface area contributed by atoms with Crippen molar-refractivity contribution in [3.63, 3.8) is 0 Å². The maximum absolute atomic E-state index is 12.5. The molecule has 0 bridgehead atoms. The zero-order valence-electron chi connectivity index (χ0n) is 13.7. The molecule has 23 heavy (non-hydrogen) atoms. The Morgan fingerprint density at radius 3 is 2.61 bits per heavy atom. The molecule has 1 aliphatic heterocycles. The summed E-state index contributed by atoms with van der Waals surface area (Å²) in [6.45, 7) is 3.14. The average Bonchev–Trinajstić information content (AvgIpc) is 2.54. The van der Waals surface area contributed by atoms with Crippen LogP contribution in [0.4, 0.5) is 5.69 Å². The Kier molecular flexibility index (Phi) is 5.81. The van der Waals surface area contributed by atoms with Crippen molar-refractivity contribution in [3.8, 4) is 11.5 Å². The highest BCUT2D eigenvalue weighted by atomic mass is 16.5. The molecule has 0 saturated carbocycles. The van der Waals surface area contributed by atoms with Gasteiger partial charge in [0.1, 0.15) is 0 Å². The smallest absolute Gasteiger partial charge is 0.251 e. The van der Waals surface area contributed by atoms with E-state index >= 15 is 0 Å². The second kappa shape index (κ2) is 7.82. The van der Waals surface area contributed by atoms with Crippen LogP contribution in [0.15, 0.2) is 12.1 Å². The molecule has 1 saturated heterocycles. The van der Waals surface area contributed by atoms with E-state index in [0.29, 0.717) is 22.7 Å². The number of benzene rings is 1. The molecule has 1 aromatic rings. The number of anilines is 1. The van der Waals surface area contributed by atoms with Crippen molar-refractivity contribution in [2.45, 2.75) is 25.8 Å². The van der Waals surface area contributed by atoms with Crippen LogP contribution in [0.1, 0.15) is 30.1 Å². The molecule has 3 N–H and O–H groups in total. The second-order valence-corrected chi connectivity index (χ2v) is 5.46. The van der Waals surface area contributed by atoms with Gasteiger partial charge in [-0.3, -0.25) is 9.59 Å². The fraction of sp³-hybridized carbons (Fsp3) is 0.500. The zero-order chi connectivity index (χ0) is 16.8. The van der Waals surface area contributed by atoms with Gasteiger partial charge in [-0.1, -0.05) is 0 Å². The minimum atomic E-state index is -0.251. The predicted molar refractivity (Wildman–Crippen MR) is 87.2 cm³/mol. The van der Waals surface area contributed by atoms with Crippen LogP contribution in [0.5, 0.6) is 11.5 Å². The number of ether oxygens (including phenoxy) is 2. The lowest BCUT2D eigenvalue weighted by Crippen LogP contribution is -2.45. The van der Waals surface area contributed by atoms with Crippen LogP contribution in [-0.2, 0) is 4.79 Å². The number of nitrogens with one attached hydrogen (secondary N) is 3. The van der Waals surface area contributed by atoms with Crippen LogP contribution >= 0.6 is 0 Å². The molecule has 2 amide bonds. The Hall–Kier alpha value is -2.28. The fourth-order valence-electron chi connectivity index (χ4n) is 2.62. The zero-order valence-corrected chi connectivity index (χ0v) is 13.7. The predicted octanol–water partition coefficient (Wildman–Crippen LogP) is 1.14. The van der Waals surface area contributed by atoms with E-state index in [1.165, 1.54) is 21.1 Å². The lowest BCUT2D eigenvalue weighted by molar-refractivity contribution is -0.114. The second-order valence-electron chi connectivity index (χ2n) is 5.46. The highest BCUT2D eigenvalue weighted by Gasteiger charge is 2.20. The minimum Gasteiger partial charge on any atom is -0.493 e. The third kappa shape index (κ3) is 4.35. The number of piperidine rings is 1. The van der Waals surface area contributed by atoms with Crippen LogP contribution in [0, 0.1) is 0 Å². The molecule has 1 fully saturated rings. The molecule has 0 unspecified atom stereocenters. The Bertz CT molecular complexity index is 583. The van der Waals surface area contributed by atoms with Gasteiger partial charge >= 0.3 is 0 Å². The van der Waals surface area contributed by atoms with Crippen molar-refractivity contribution in [2.24, 2.45) is 0 Å². The third-order valence-electron chi connectivity index (χ3n) is 3.68. The topological polar surface area (TPSA) is 88.7 Å². The van der Waals surface area contributed by atoms with Gasteiger partial charge in [-0.2, -0.15) is 0 Å². The van der Waals surface area contributed by atoms with Crippen LogP contribution in [0.2, 0.25) is 0 Å². The van der Waals surface area contributed by atoms with Gasteiger partial charge in [0.2, 0.25) is 5.91 Å². The SMILES string of the molecule is COc1cc(C(=O)N[C@H]2CCCNC2)cc(NC(C)=O)c1OC. The molecule has 1 atom stereocenters. The third-order valence-corrected chi connectivity index (χ3v) is 3.68. The van der Waals surface area contributed by atoms with E-state index in [9.17, 15) is 9.59 Å². The Morgan fingerprint density at radius 2 is 2.04 bits per heavy atom. The van der Waals surface area contributed by atoms with Gasteiger partial charge in [-0.05, 0) is 31.5 Å². The first-order valence-electron chi connectivity index (χ1n) is 7.60. The van der Waals surface area contributed by atoms with E-state index in [-0.39, 0.29) is 17.9 Å². The average molecular weight is 321 g/mol. The normalized spacial score (nSPS) is 17.3. The number of carbonyl (C=O) groups excluding carboxylic acids is 2. The lowest BCUT2D eigenvalue weighted by Gasteiger charge is -2.24. The van der Waals surface area contributed by atoms with Gasteiger partial charge in [0.15, 0.2) is 11.5 Å². The molecule has 126 valence electrons. The van der Waals surface area contributed by atoms with Crippen molar-refractivity contribution in [2.75, 3.05) is 32.6 Å². The molecular weight excluding hydrogens is 298 g/mol. The summed E-state index contributed by atoms with van der Waals surface area (Å²) >= 11 is 0. The first kappa shape index (κ1) is 17.1. The number of carbonyl (C=O) groups is 2. The van der Waals surface area contributed by atoms with E-state index in [1.54, 1.807) is 12.1 Å². The highest BCUT2D eigenvalue weighted by molar-refractivity contribution is 5.99. The first-order valence-corrected chi connectivity index (χ1v) is 7.60. The summed E-state index contributed by atoms with van der Waals surface area (Å²) in [4.78, 5) is 23.8. The molecule has 0 aromatic heterocycles. The largest absolute Gasteiger partial charge is 0.493 e. The molecule has 7 heteroatoms. The molecule has 0 aliphatic carbocycles. The van der Waals surface area contributed by atoms with Crippen LogP contribution < -0.4 is 25.4 Å². The maximum atomic E-state index is 12.5. The van der Waals surface area contributed by atoms with Crippen LogP contribution in [0.3, 0.4) is 0 Å². The van der Waals surface area contributed by atoms with E-state index in [2.05, 4.69) is 16.0 Å². The quantitative estimate of drug-likeness (QED) is 0.757. The van der Waals surface area contributed by atoms with E-state index < -0.39 is 0 Å². The van der Waals surface area contributed by atoms with Gasteiger partial charge in [-0.25, -0.2) is 0 Å². The fourth-order valence-corrected chi connectivity index (χ4v) is 2.62. The summed E-state index contributed by atoms with van der Waals surface area (Å²) in [7, 11) is 2.97. The van der Waals surface area contributed by atoms with Crippen LogP contribution in [0.25, 0.3) is 0 Å². The van der Waals surface area contributed by atoms with Crippen molar-refractivity contribution in [1.82, 2.24) is 10.6 Å². The minimum absolute atomic E-state index is 0.105. The van der Waals surface area contributed by atoms with E-state index in [0.717, 1.165) is 25.9 Å². The standard InChI is InChI=1S/C16H23N3O4/c1-10(20)18-13-7-11(8-14(22-2)15(13)23-3)16(21)19-12-5-4-6-17-9-12/h7-8,12,17H,4-6,9H2,1-3H3,(H,18,20)(H,19,21)/t12-/m0/s1. The number of hydrogen-bond acceptors (Lipinski definition) is 5. The monoisotopic (exact) mass is 321 g/mol. The Morgan fingerprint density at radius 1 is 1.26 bits per heavy atom. The Labute approximate surface area is 135 Å². The molecule has 0 spiro atoms. The summed E-state index contributed by atoms with van der Waals surface area (Å²) in [5.74, 6) is 0.329. The molecule has 1 aliphatic rings. The molecule has 1 heterocycles. The van der Waals surface area contributed by atoms with E-state index in [4.69, 9.17) is 9.47 Å². The maximum Gasteiger partial charge on any atom is 0.251 e. The summed E-state index contributed by atoms with van der Waals surface area (Å²) in [6, 6.07) is 3.30. The van der Waals surface area contributed by atoms with Crippen LogP contribution in [-0.4, -0.2) is 45.2 Å². The van der Waals surface area contributed by atoms with Gasteiger partial charge in [0.25, 0.3) is 5.91 Å². The number of amides is 2. The molecule has 0 radical (unpaired) electrons. The highest BCUT2D eigenvalue weighted by Crippen LogP contribution is 2.36. The van der Waals surface area contributed by atoms with Gasteiger partial charge in [-0.15, -0.1) is 0 Å². The lowest BCUT2D eigenvalue weighted by atomic mass is 10.1. The first-order chi connectivity index (χ1) is 11.0. The van der Waals surface area contributed by atoms with Crippen molar-refractivity contribution < 1.29 is 19.1 Å². The number of hydrogen-bond donors (Lipinski definition) is 3. The molecular formula is C16H23N3O4. The number of methoxy groups -OCH3 is 2. The van der Waals surface area contributed by atoms with Gasteiger partial charge < -0.3 is 25.4 Å². The summed E-state index contributed by atoms with van der Waals surface area (Å²) in [5.41, 5.74) is 0.822. The van der Waals surface area contributed by atoms with Crippen molar-refractivity contribution in [3.05, 3.63) is 17.7 Å². The summed E-state index contributed by atoms with van der Waals surface area (Å²) < 4.78 is 10.5. The van der Waals surface area contributed by atoms with E-state index in [1.807, 2.05) is 0 Å². The molecule has 1 aromatic carbocycles. The number of rotatable bonds is 5. The Balaban J connectivity index is 2.26.